The molecule has 0 fully saturated rings. The van der Waals surface area contributed by atoms with E-state index in [-0.39, 0.29) is 10.2 Å². The van der Waals surface area contributed by atoms with Crippen molar-refractivity contribution >= 4 is 67.4 Å². The molecule has 2 amide bonds. The summed E-state index contributed by atoms with van der Waals surface area (Å²) in [6, 6.07) is 8.11. The zero-order valence-electron chi connectivity index (χ0n) is 14.6. The van der Waals surface area contributed by atoms with Gasteiger partial charge in [-0.2, -0.15) is 0 Å². The molecule has 0 atom stereocenters. The molecule has 0 radical (unpaired) electrons. The zero-order chi connectivity index (χ0) is 21.9. The molecule has 2 N–H and O–H groups in total. The number of nitrogens with one attached hydrogen (secondary N) is 2. The third kappa shape index (κ3) is 6.09. The van der Waals surface area contributed by atoms with Crippen molar-refractivity contribution in [2.75, 3.05) is 10.6 Å². The second-order valence-electron chi connectivity index (χ2n) is 5.63. The van der Waals surface area contributed by atoms with Gasteiger partial charge in [0, 0.05) is 23.2 Å². The van der Waals surface area contributed by atoms with Gasteiger partial charge in [0.15, 0.2) is 5.13 Å². The standard InChI is InChI=1S/C18H10Cl2F3N3O3S/c19-9-1-3-12(11(20)7-9)24-15(27)5-6-16(28)26-17-25-13-4-2-10(8-14(13)30-17)29-18(21,22)23/h1-8H,(H,24,27)(H,25,26,28)/b6-5+. The van der Waals surface area contributed by atoms with E-state index >= 15 is 0 Å². The molecule has 1 heterocycles. The van der Waals surface area contributed by atoms with Crippen LogP contribution in [0.3, 0.4) is 0 Å². The smallest absolute Gasteiger partial charge is 0.406 e. The Morgan fingerprint density at radius 3 is 2.40 bits per heavy atom. The average Bonchev–Trinajstić information content (AvgIpc) is 3.02. The first-order valence-electron chi connectivity index (χ1n) is 8.00. The number of hydrogen-bond acceptors (Lipinski definition) is 5. The largest absolute Gasteiger partial charge is 0.573 e. The van der Waals surface area contributed by atoms with Gasteiger partial charge in [0.05, 0.1) is 20.9 Å². The highest BCUT2D eigenvalue weighted by Gasteiger charge is 2.31. The molecule has 0 aliphatic heterocycles. The fourth-order valence-corrected chi connectivity index (χ4v) is 3.57. The van der Waals surface area contributed by atoms with E-state index in [1.54, 1.807) is 0 Å². The van der Waals surface area contributed by atoms with E-state index in [1.165, 1.54) is 24.3 Å². The summed E-state index contributed by atoms with van der Waals surface area (Å²) in [5, 5.41) is 5.70. The number of amides is 2. The minimum absolute atomic E-state index is 0.143. The predicted molar refractivity (Wildman–Crippen MR) is 109 cm³/mol. The van der Waals surface area contributed by atoms with Crippen LogP contribution in [-0.2, 0) is 9.59 Å². The Morgan fingerprint density at radius 1 is 1.03 bits per heavy atom. The van der Waals surface area contributed by atoms with Gasteiger partial charge in [-0.25, -0.2) is 4.98 Å². The van der Waals surface area contributed by atoms with Crippen LogP contribution in [0.25, 0.3) is 10.2 Å². The third-order valence-electron chi connectivity index (χ3n) is 3.40. The van der Waals surface area contributed by atoms with Crippen molar-refractivity contribution in [3.05, 3.63) is 58.6 Å². The van der Waals surface area contributed by atoms with Crippen molar-refractivity contribution in [1.29, 1.82) is 0 Å². The quantitative estimate of drug-likeness (QED) is 0.468. The second-order valence-corrected chi connectivity index (χ2v) is 7.51. The molecule has 156 valence electrons. The van der Waals surface area contributed by atoms with E-state index in [4.69, 9.17) is 23.2 Å². The Labute approximate surface area is 181 Å². The molecule has 0 saturated carbocycles. The number of rotatable bonds is 5. The molecule has 0 bridgehead atoms. The van der Waals surface area contributed by atoms with E-state index in [2.05, 4.69) is 20.4 Å². The van der Waals surface area contributed by atoms with Gasteiger partial charge >= 0.3 is 6.36 Å². The Morgan fingerprint density at radius 2 is 1.73 bits per heavy atom. The maximum Gasteiger partial charge on any atom is 0.573 e. The van der Waals surface area contributed by atoms with Crippen LogP contribution in [0.4, 0.5) is 24.0 Å². The number of ether oxygens (including phenoxy) is 1. The van der Waals surface area contributed by atoms with E-state index < -0.39 is 23.9 Å². The number of carbonyl (C=O) groups is 2. The van der Waals surface area contributed by atoms with Crippen LogP contribution in [0.2, 0.25) is 10.0 Å². The summed E-state index contributed by atoms with van der Waals surface area (Å²) >= 11 is 12.7. The summed E-state index contributed by atoms with van der Waals surface area (Å²) < 4.78 is 41.1. The molecule has 0 saturated heterocycles. The molecule has 2 aromatic carbocycles. The molecule has 12 heteroatoms. The van der Waals surface area contributed by atoms with Crippen LogP contribution in [0.5, 0.6) is 5.75 Å². The number of hydrogen-bond donors (Lipinski definition) is 2. The van der Waals surface area contributed by atoms with Gasteiger partial charge in [-0.1, -0.05) is 34.5 Å². The van der Waals surface area contributed by atoms with Gasteiger partial charge < -0.3 is 10.1 Å². The Hall–Kier alpha value is -2.82. The molecular formula is C18H10Cl2F3N3O3S. The average molecular weight is 476 g/mol. The summed E-state index contributed by atoms with van der Waals surface area (Å²) in [5.41, 5.74) is 0.697. The second kappa shape index (κ2) is 8.90. The van der Waals surface area contributed by atoms with Crippen molar-refractivity contribution in [3.63, 3.8) is 0 Å². The summed E-state index contributed by atoms with van der Waals surface area (Å²) in [7, 11) is 0. The molecule has 3 aromatic rings. The van der Waals surface area contributed by atoms with Crippen LogP contribution >= 0.6 is 34.5 Å². The summed E-state index contributed by atoms with van der Waals surface area (Å²) in [4.78, 5) is 28.0. The van der Waals surface area contributed by atoms with E-state index in [1.807, 2.05) is 0 Å². The number of alkyl halides is 3. The molecule has 30 heavy (non-hydrogen) atoms. The number of nitrogens with zero attached hydrogens (tertiary/aromatic N) is 1. The van der Waals surface area contributed by atoms with Gasteiger partial charge in [0.25, 0.3) is 0 Å². The summed E-state index contributed by atoms with van der Waals surface area (Å²) in [5.74, 6) is -1.65. The molecule has 6 nitrogen and oxygen atoms in total. The minimum atomic E-state index is -4.81. The van der Waals surface area contributed by atoms with Crippen LogP contribution in [0.1, 0.15) is 0 Å². The van der Waals surface area contributed by atoms with Crippen molar-refractivity contribution < 1.29 is 27.5 Å². The molecule has 0 aliphatic carbocycles. The Balaban J connectivity index is 1.62. The minimum Gasteiger partial charge on any atom is -0.406 e. The fourth-order valence-electron chi connectivity index (χ4n) is 2.22. The molecule has 0 spiro atoms. The summed E-state index contributed by atoms with van der Waals surface area (Å²) in [6.45, 7) is 0. The number of carbonyl (C=O) groups excluding carboxylic acids is 2. The Bertz CT molecular complexity index is 1150. The lowest BCUT2D eigenvalue weighted by atomic mass is 10.3. The van der Waals surface area contributed by atoms with Crippen molar-refractivity contribution in [2.45, 2.75) is 6.36 Å². The monoisotopic (exact) mass is 475 g/mol. The number of aromatic nitrogens is 1. The summed E-state index contributed by atoms with van der Waals surface area (Å²) in [6.07, 6.45) is -2.84. The lowest BCUT2D eigenvalue weighted by molar-refractivity contribution is -0.274. The first-order chi connectivity index (χ1) is 14.1. The molecule has 0 unspecified atom stereocenters. The van der Waals surface area contributed by atoms with Gasteiger partial charge in [0.2, 0.25) is 11.8 Å². The van der Waals surface area contributed by atoms with Crippen molar-refractivity contribution in [3.8, 4) is 5.75 Å². The van der Waals surface area contributed by atoms with Crippen LogP contribution < -0.4 is 15.4 Å². The number of benzene rings is 2. The van der Waals surface area contributed by atoms with Crippen molar-refractivity contribution in [2.24, 2.45) is 0 Å². The van der Waals surface area contributed by atoms with Gasteiger partial charge in [-0.05, 0) is 30.3 Å². The molecule has 3 rings (SSSR count). The lowest BCUT2D eigenvalue weighted by Gasteiger charge is -2.07. The van der Waals surface area contributed by atoms with E-state index in [9.17, 15) is 22.8 Å². The van der Waals surface area contributed by atoms with E-state index in [0.29, 0.717) is 20.9 Å². The zero-order valence-corrected chi connectivity index (χ0v) is 16.9. The maximum absolute atomic E-state index is 12.3. The highest BCUT2D eigenvalue weighted by Crippen LogP contribution is 2.31. The highest BCUT2D eigenvalue weighted by atomic mass is 35.5. The predicted octanol–water partition coefficient (Wildman–Crippen LogP) is 5.64. The van der Waals surface area contributed by atoms with Crippen LogP contribution in [-0.4, -0.2) is 23.2 Å². The van der Waals surface area contributed by atoms with Gasteiger partial charge in [0.1, 0.15) is 5.75 Å². The van der Waals surface area contributed by atoms with Gasteiger partial charge in [-0.3, -0.25) is 14.9 Å². The van der Waals surface area contributed by atoms with Gasteiger partial charge in [-0.15, -0.1) is 13.2 Å². The van der Waals surface area contributed by atoms with Crippen LogP contribution in [0.15, 0.2) is 48.6 Å². The SMILES string of the molecule is O=C(/C=C/C(=O)Nc1ccc(Cl)cc1Cl)Nc1nc2ccc(OC(F)(F)F)cc2s1. The first-order valence-corrected chi connectivity index (χ1v) is 9.58. The lowest BCUT2D eigenvalue weighted by Crippen LogP contribution is -2.16. The molecule has 1 aromatic heterocycles. The first kappa shape index (κ1) is 21.9. The van der Waals surface area contributed by atoms with Crippen LogP contribution in [0, 0.1) is 0 Å². The highest BCUT2D eigenvalue weighted by molar-refractivity contribution is 7.22. The number of anilines is 2. The molecular weight excluding hydrogens is 466 g/mol. The topological polar surface area (TPSA) is 80.3 Å². The number of thiazole rings is 1. The normalized spacial score (nSPS) is 11.6. The molecule has 0 aliphatic rings. The number of fused-ring (bicyclic) bond motifs is 1. The van der Waals surface area contributed by atoms with E-state index in [0.717, 1.165) is 35.6 Å². The Kier molecular flexibility index (Phi) is 6.49. The number of halogens is 5. The van der Waals surface area contributed by atoms with Crippen molar-refractivity contribution in [1.82, 2.24) is 4.98 Å². The third-order valence-corrected chi connectivity index (χ3v) is 4.88. The maximum atomic E-state index is 12.3. The fraction of sp³-hybridized carbons (Fsp3) is 0.0556.